The van der Waals surface area contributed by atoms with Gasteiger partial charge in [0.15, 0.2) is 5.69 Å². The van der Waals surface area contributed by atoms with Gasteiger partial charge in [-0.1, -0.05) is 12.2 Å². The molecule has 0 aliphatic heterocycles. The summed E-state index contributed by atoms with van der Waals surface area (Å²) in [5.41, 5.74) is 0.906. The Morgan fingerprint density at radius 3 is 2.86 bits per heavy atom. The van der Waals surface area contributed by atoms with Crippen LogP contribution in [0.25, 0.3) is 0 Å². The largest absolute Gasteiger partial charge is 0.476 e. The molecule has 8 heteroatoms. The Labute approximate surface area is 127 Å². The highest BCUT2D eigenvalue weighted by Gasteiger charge is 2.15. The zero-order valence-corrected chi connectivity index (χ0v) is 12.8. The van der Waals surface area contributed by atoms with Gasteiger partial charge in [-0.3, -0.25) is 0 Å². The predicted molar refractivity (Wildman–Crippen MR) is 79.7 cm³/mol. The van der Waals surface area contributed by atoms with Crippen LogP contribution in [0.5, 0.6) is 0 Å². The normalized spacial score (nSPS) is 11.7. The summed E-state index contributed by atoms with van der Waals surface area (Å²) in [6, 6.07) is -0.715. The third-order valence-corrected chi connectivity index (χ3v) is 3.37. The van der Waals surface area contributed by atoms with E-state index < -0.39 is 5.97 Å². The summed E-state index contributed by atoms with van der Waals surface area (Å²) >= 11 is 1.19. The average molecular weight is 313 g/mol. The quantitative estimate of drug-likeness (QED) is 0.502. The van der Waals surface area contributed by atoms with Crippen molar-refractivity contribution in [2.24, 2.45) is 0 Å². The summed E-state index contributed by atoms with van der Waals surface area (Å²) in [7, 11) is 0. The van der Waals surface area contributed by atoms with Crippen LogP contribution in [0, 0.1) is 0 Å². The molecule has 21 heavy (non-hydrogen) atoms. The van der Waals surface area contributed by atoms with Crippen LogP contribution < -0.4 is 10.6 Å². The average Bonchev–Trinajstić information content (AvgIpc) is 2.87. The minimum Gasteiger partial charge on any atom is -0.476 e. The van der Waals surface area contributed by atoms with Gasteiger partial charge in [0.1, 0.15) is 5.01 Å². The molecule has 3 N–H and O–H groups in total. The van der Waals surface area contributed by atoms with Crippen LogP contribution in [0.15, 0.2) is 17.5 Å². The van der Waals surface area contributed by atoms with E-state index in [0.29, 0.717) is 24.8 Å². The number of urea groups is 1. The predicted octanol–water partition coefficient (Wildman–Crippen LogP) is 1.79. The number of thiazole rings is 1. The van der Waals surface area contributed by atoms with Crippen LogP contribution in [-0.4, -0.2) is 41.8 Å². The number of rotatable bonds is 8. The summed E-state index contributed by atoms with van der Waals surface area (Å²) in [6.07, 6.45) is 0. The Hall–Kier alpha value is -1.93. The number of aromatic nitrogens is 1. The first-order chi connectivity index (χ1) is 9.90. The second-order valence-electron chi connectivity index (χ2n) is 4.51. The fourth-order valence-corrected chi connectivity index (χ4v) is 2.18. The molecule has 0 fully saturated rings. The van der Waals surface area contributed by atoms with Crippen LogP contribution in [0.4, 0.5) is 4.79 Å². The van der Waals surface area contributed by atoms with Gasteiger partial charge in [-0.25, -0.2) is 14.6 Å². The number of carboxylic acid groups (broad SMARTS) is 1. The van der Waals surface area contributed by atoms with E-state index in [2.05, 4.69) is 22.2 Å². The zero-order chi connectivity index (χ0) is 15.8. The Morgan fingerprint density at radius 1 is 1.57 bits per heavy atom. The summed E-state index contributed by atoms with van der Waals surface area (Å²) in [4.78, 5) is 26.3. The van der Waals surface area contributed by atoms with Gasteiger partial charge in [-0.15, -0.1) is 11.3 Å². The Bertz CT molecular complexity index is 515. The maximum Gasteiger partial charge on any atom is 0.355 e. The molecule has 1 rings (SSSR count). The van der Waals surface area contributed by atoms with E-state index in [0.717, 1.165) is 5.57 Å². The van der Waals surface area contributed by atoms with Crippen molar-refractivity contribution >= 4 is 23.3 Å². The maximum absolute atomic E-state index is 11.6. The summed E-state index contributed by atoms with van der Waals surface area (Å²) in [5, 5.41) is 16.1. The highest BCUT2D eigenvalue weighted by atomic mass is 32.1. The summed E-state index contributed by atoms with van der Waals surface area (Å²) < 4.78 is 5.25. The Kier molecular flexibility index (Phi) is 6.83. The SMILES string of the molecule is C=C(C)COCCNC(=O)NC(C)c1nc(C(=O)O)cs1. The second kappa shape index (κ2) is 8.38. The number of carbonyl (C=O) groups excluding carboxylic acids is 1. The highest BCUT2D eigenvalue weighted by Crippen LogP contribution is 2.17. The molecule has 1 heterocycles. The van der Waals surface area contributed by atoms with Crippen molar-refractivity contribution in [1.82, 2.24) is 15.6 Å². The topological polar surface area (TPSA) is 101 Å². The van der Waals surface area contributed by atoms with E-state index in [1.54, 1.807) is 6.92 Å². The monoisotopic (exact) mass is 313 g/mol. The number of carboxylic acids is 1. The fraction of sp³-hybridized carbons (Fsp3) is 0.462. The Balaban J connectivity index is 2.29. The molecule has 0 saturated heterocycles. The van der Waals surface area contributed by atoms with Crippen molar-refractivity contribution in [1.29, 1.82) is 0 Å². The first-order valence-electron chi connectivity index (χ1n) is 6.35. The second-order valence-corrected chi connectivity index (χ2v) is 5.40. The minimum absolute atomic E-state index is 0.0164. The molecule has 0 saturated carbocycles. The molecule has 0 aliphatic rings. The first kappa shape index (κ1) is 17.1. The molecular weight excluding hydrogens is 294 g/mol. The first-order valence-corrected chi connectivity index (χ1v) is 7.23. The number of hydrogen-bond donors (Lipinski definition) is 3. The summed E-state index contributed by atoms with van der Waals surface area (Å²) in [5.74, 6) is -1.08. The van der Waals surface area contributed by atoms with Gasteiger partial charge in [0.25, 0.3) is 0 Å². The molecule has 1 aromatic heterocycles. The number of nitrogens with zero attached hydrogens (tertiary/aromatic N) is 1. The van der Waals surface area contributed by atoms with Crippen LogP contribution >= 0.6 is 11.3 Å². The lowest BCUT2D eigenvalue weighted by atomic mass is 10.3. The van der Waals surface area contributed by atoms with Gasteiger partial charge in [-0.05, 0) is 13.8 Å². The van der Waals surface area contributed by atoms with Crippen molar-refractivity contribution in [2.75, 3.05) is 19.8 Å². The lowest BCUT2D eigenvalue weighted by molar-refractivity contribution is 0.0691. The molecule has 7 nitrogen and oxygen atoms in total. The molecule has 116 valence electrons. The van der Waals surface area contributed by atoms with E-state index in [4.69, 9.17) is 9.84 Å². The van der Waals surface area contributed by atoms with Crippen LogP contribution in [0.2, 0.25) is 0 Å². The number of amides is 2. The van der Waals surface area contributed by atoms with Gasteiger partial charge >= 0.3 is 12.0 Å². The standard InChI is InChI=1S/C13H19N3O4S/c1-8(2)6-20-5-4-14-13(19)15-9(3)11-16-10(7-21-11)12(17)18/h7,9H,1,4-6H2,2-3H3,(H,17,18)(H2,14,15,19). The van der Waals surface area contributed by atoms with Gasteiger partial charge in [-0.2, -0.15) is 0 Å². The molecule has 1 unspecified atom stereocenters. The van der Waals surface area contributed by atoms with Crippen molar-refractivity contribution < 1.29 is 19.4 Å². The van der Waals surface area contributed by atoms with Crippen molar-refractivity contribution in [3.8, 4) is 0 Å². The number of aromatic carboxylic acids is 1. The molecule has 0 aromatic carbocycles. The minimum atomic E-state index is -1.08. The molecule has 1 aromatic rings. The zero-order valence-electron chi connectivity index (χ0n) is 12.0. The molecule has 0 bridgehead atoms. The molecule has 2 amide bonds. The van der Waals surface area contributed by atoms with Crippen LogP contribution in [0.1, 0.15) is 35.4 Å². The smallest absolute Gasteiger partial charge is 0.355 e. The Morgan fingerprint density at radius 2 is 2.29 bits per heavy atom. The van der Waals surface area contributed by atoms with E-state index in [-0.39, 0.29) is 17.8 Å². The lowest BCUT2D eigenvalue weighted by Gasteiger charge is -2.12. The third kappa shape index (κ3) is 6.37. The van der Waals surface area contributed by atoms with E-state index in [1.165, 1.54) is 16.7 Å². The van der Waals surface area contributed by atoms with Crippen molar-refractivity contribution in [3.05, 3.63) is 28.2 Å². The highest BCUT2D eigenvalue weighted by molar-refractivity contribution is 7.09. The molecular formula is C13H19N3O4S. The van der Waals surface area contributed by atoms with Gasteiger partial charge in [0.2, 0.25) is 0 Å². The van der Waals surface area contributed by atoms with Crippen LogP contribution in [-0.2, 0) is 4.74 Å². The third-order valence-electron chi connectivity index (χ3n) is 2.34. The van der Waals surface area contributed by atoms with Gasteiger partial charge in [0.05, 0.1) is 19.3 Å². The van der Waals surface area contributed by atoms with Crippen molar-refractivity contribution in [3.63, 3.8) is 0 Å². The maximum atomic E-state index is 11.6. The van der Waals surface area contributed by atoms with Gasteiger partial charge < -0.3 is 20.5 Å². The summed E-state index contributed by atoms with van der Waals surface area (Å²) in [6.45, 7) is 8.55. The van der Waals surface area contributed by atoms with E-state index >= 15 is 0 Å². The molecule has 1 atom stereocenters. The van der Waals surface area contributed by atoms with Crippen molar-refractivity contribution in [2.45, 2.75) is 19.9 Å². The van der Waals surface area contributed by atoms with E-state index in [9.17, 15) is 9.59 Å². The van der Waals surface area contributed by atoms with Gasteiger partial charge in [0, 0.05) is 11.9 Å². The number of ether oxygens (including phenoxy) is 1. The lowest BCUT2D eigenvalue weighted by Crippen LogP contribution is -2.38. The van der Waals surface area contributed by atoms with Crippen LogP contribution in [0.3, 0.4) is 0 Å². The molecule has 0 aliphatic carbocycles. The number of nitrogens with one attached hydrogen (secondary N) is 2. The fourth-order valence-electron chi connectivity index (χ4n) is 1.38. The number of carbonyl (C=O) groups is 2. The molecule has 0 radical (unpaired) electrons. The van der Waals surface area contributed by atoms with E-state index in [1.807, 2.05) is 6.92 Å². The molecule has 0 spiro atoms. The number of hydrogen-bond acceptors (Lipinski definition) is 5.